The van der Waals surface area contributed by atoms with Crippen LogP contribution in [0.25, 0.3) is 34.1 Å². The fourth-order valence-corrected chi connectivity index (χ4v) is 4.80. The Morgan fingerprint density at radius 2 is 1.69 bits per heavy atom. The lowest BCUT2D eigenvalue weighted by Crippen LogP contribution is -2.25. The molecule has 0 aliphatic carbocycles. The topological polar surface area (TPSA) is 132 Å². The van der Waals surface area contributed by atoms with Gasteiger partial charge >= 0.3 is 0 Å². The van der Waals surface area contributed by atoms with Gasteiger partial charge in [0.15, 0.2) is 5.65 Å². The Bertz CT molecular complexity index is 2090. The van der Waals surface area contributed by atoms with Gasteiger partial charge in [-0.3, -0.25) is 23.9 Å². The summed E-state index contributed by atoms with van der Waals surface area (Å²) in [4.78, 5) is 54.8. The lowest BCUT2D eigenvalue weighted by Gasteiger charge is -2.13. The Morgan fingerprint density at radius 1 is 0.844 bits per heavy atom. The zero-order chi connectivity index (χ0) is 31.2. The van der Waals surface area contributed by atoms with Gasteiger partial charge in [0.25, 0.3) is 5.56 Å². The molecule has 0 aliphatic rings. The lowest BCUT2D eigenvalue weighted by molar-refractivity contribution is -0.114. The Hall–Kier alpha value is -6.29. The van der Waals surface area contributed by atoms with Crippen molar-refractivity contribution in [2.24, 2.45) is 0 Å². The van der Waals surface area contributed by atoms with Crippen molar-refractivity contribution in [2.45, 2.75) is 13.3 Å². The van der Waals surface area contributed by atoms with Crippen LogP contribution in [0.2, 0.25) is 0 Å². The summed E-state index contributed by atoms with van der Waals surface area (Å²) in [5.74, 6) is -0.0577. The summed E-state index contributed by atoms with van der Waals surface area (Å²) in [6, 6.07) is 25.9. The van der Waals surface area contributed by atoms with E-state index in [2.05, 4.69) is 30.6 Å². The molecule has 4 aromatic heterocycles. The molecule has 0 fully saturated rings. The molecule has 0 radical (unpaired) electrons. The van der Waals surface area contributed by atoms with Crippen molar-refractivity contribution < 1.29 is 9.59 Å². The van der Waals surface area contributed by atoms with Crippen molar-refractivity contribution in [1.82, 2.24) is 24.5 Å². The smallest absolute Gasteiger partial charge is 0.278 e. The molecule has 45 heavy (non-hydrogen) atoms. The first kappa shape index (κ1) is 28.8. The normalized spacial score (nSPS) is 11.0. The zero-order valence-electron chi connectivity index (χ0n) is 24.2. The van der Waals surface area contributed by atoms with Crippen molar-refractivity contribution in [3.05, 3.63) is 143 Å². The van der Waals surface area contributed by atoms with Crippen LogP contribution in [0.1, 0.15) is 23.7 Å². The Balaban J connectivity index is 1.21. The number of fused-ring (bicyclic) bond motifs is 1. The molecule has 0 aliphatic heterocycles. The predicted molar refractivity (Wildman–Crippen MR) is 174 cm³/mol. The van der Waals surface area contributed by atoms with Crippen molar-refractivity contribution in [1.29, 1.82) is 0 Å². The molecule has 10 heteroatoms. The van der Waals surface area contributed by atoms with Crippen molar-refractivity contribution in [2.75, 3.05) is 10.6 Å². The zero-order valence-corrected chi connectivity index (χ0v) is 24.2. The van der Waals surface area contributed by atoms with Gasteiger partial charge in [-0.1, -0.05) is 30.3 Å². The van der Waals surface area contributed by atoms with Gasteiger partial charge in [0, 0.05) is 49.9 Å². The molecular weight excluding hydrogens is 566 g/mol. The summed E-state index contributed by atoms with van der Waals surface area (Å²) < 4.78 is 1.60. The summed E-state index contributed by atoms with van der Waals surface area (Å²) in [7, 11) is 0. The maximum absolute atomic E-state index is 13.8. The molecule has 2 aromatic carbocycles. The third-order valence-corrected chi connectivity index (χ3v) is 6.89. The van der Waals surface area contributed by atoms with Crippen LogP contribution >= 0.6 is 0 Å². The molecular formula is C35H27N7O3. The van der Waals surface area contributed by atoms with E-state index in [0.29, 0.717) is 40.5 Å². The summed E-state index contributed by atoms with van der Waals surface area (Å²) in [6.07, 6.45) is 10.0. The number of anilines is 2. The van der Waals surface area contributed by atoms with Gasteiger partial charge in [-0.2, -0.15) is 0 Å². The Kier molecular flexibility index (Phi) is 8.27. The van der Waals surface area contributed by atoms with Crippen LogP contribution in [0.5, 0.6) is 0 Å². The van der Waals surface area contributed by atoms with E-state index in [1.165, 1.54) is 13.0 Å². The quantitative estimate of drug-likeness (QED) is 0.225. The Morgan fingerprint density at radius 3 is 2.44 bits per heavy atom. The third kappa shape index (κ3) is 6.86. The predicted octanol–water partition coefficient (Wildman–Crippen LogP) is 5.44. The SMILES string of the molecule is CC(=O)Nc1ccc(/C=C/C(=O)Nc2ccc(-c3cccc(-n4c(=O)c(Cc5cccnc5)nc5cccnc54)c3)cc2)cn1. The number of benzene rings is 2. The minimum Gasteiger partial charge on any atom is -0.323 e. The molecule has 6 rings (SSSR count). The number of pyridine rings is 3. The van der Waals surface area contributed by atoms with Crippen LogP contribution < -0.4 is 16.2 Å². The number of hydrogen-bond donors (Lipinski definition) is 2. The van der Waals surface area contributed by atoms with E-state index in [0.717, 1.165) is 22.3 Å². The fraction of sp³-hybridized carbons (Fsp3) is 0.0571. The molecule has 0 unspecified atom stereocenters. The van der Waals surface area contributed by atoms with Crippen molar-refractivity contribution in [3.8, 4) is 16.8 Å². The summed E-state index contributed by atoms with van der Waals surface area (Å²) in [6.45, 7) is 1.41. The molecule has 2 amide bonds. The first-order chi connectivity index (χ1) is 21.9. The highest BCUT2D eigenvalue weighted by molar-refractivity contribution is 6.02. The van der Waals surface area contributed by atoms with E-state index in [1.54, 1.807) is 53.6 Å². The minimum absolute atomic E-state index is 0.203. The van der Waals surface area contributed by atoms with Gasteiger partial charge in [-0.25, -0.2) is 15.0 Å². The maximum Gasteiger partial charge on any atom is 0.278 e. The first-order valence-electron chi connectivity index (χ1n) is 14.1. The number of nitrogens with one attached hydrogen (secondary N) is 2. The monoisotopic (exact) mass is 593 g/mol. The standard InChI is InChI=1S/C35H27N7O3/c1-23(43)39-32-15-9-24(22-38-32)10-16-33(44)40-28-13-11-26(12-14-28)27-6-2-7-29(20-27)42-34-30(8-4-18-37-34)41-31(35(42)45)19-25-5-3-17-36-21-25/h2-18,20-22H,19H2,1H3,(H,40,44)(H,38,39,43)/b16-10+. The van der Waals surface area contributed by atoms with E-state index in [9.17, 15) is 14.4 Å². The maximum atomic E-state index is 13.8. The third-order valence-electron chi connectivity index (χ3n) is 6.89. The molecule has 6 aromatic rings. The second-order valence-electron chi connectivity index (χ2n) is 10.2. The van der Waals surface area contributed by atoms with Crippen molar-refractivity contribution in [3.63, 3.8) is 0 Å². The van der Waals surface area contributed by atoms with E-state index < -0.39 is 0 Å². The van der Waals surface area contributed by atoms with Gasteiger partial charge in [0.05, 0.1) is 5.69 Å². The number of rotatable bonds is 8. The number of hydrogen-bond acceptors (Lipinski definition) is 7. The molecule has 10 nitrogen and oxygen atoms in total. The summed E-state index contributed by atoms with van der Waals surface area (Å²) in [5, 5.41) is 5.45. The lowest BCUT2D eigenvalue weighted by atomic mass is 10.0. The molecule has 0 spiro atoms. The summed E-state index contributed by atoms with van der Waals surface area (Å²) >= 11 is 0. The number of carbonyl (C=O) groups is 2. The average molecular weight is 594 g/mol. The molecule has 220 valence electrons. The molecule has 0 saturated heterocycles. The van der Waals surface area contributed by atoms with Crippen LogP contribution in [-0.2, 0) is 16.0 Å². The van der Waals surface area contributed by atoms with Crippen LogP contribution in [0.15, 0.2) is 121 Å². The van der Waals surface area contributed by atoms with Crippen LogP contribution in [0, 0.1) is 0 Å². The van der Waals surface area contributed by atoms with Crippen LogP contribution in [0.4, 0.5) is 11.5 Å². The molecule has 4 heterocycles. The molecule has 0 saturated carbocycles. The Labute approximate surface area is 258 Å². The molecule has 0 bridgehead atoms. The number of aromatic nitrogens is 5. The summed E-state index contributed by atoms with van der Waals surface area (Å²) in [5.41, 5.74) is 5.95. The van der Waals surface area contributed by atoms with E-state index in [4.69, 9.17) is 0 Å². The highest BCUT2D eigenvalue weighted by Crippen LogP contribution is 2.25. The van der Waals surface area contributed by atoms with Gasteiger partial charge in [-0.05, 0) is 82.9 Å². The highest BCUT2D eigenvalue weighted by atomic mass is 16.2. The first-order valence-corrected chi connectivity index (χ1v) is 14.1. The molecule has 0 atom stereocenters. The average Bonchev–Trinajstić information content (AvgIpc) is 3.05. The molecule has 2 N–H and O–H groups in total. The second-order valence-corrected chi connectivity index (χ2v) is 10.2. The van der Waals surface area contributed by atoms with Gasteiger partial charge in [0.2, 0.25) is 11.8 Å². The van der Waals surface area contributed by atoms with Crippen LogP contribution in [-0.4, -0.2) is 36.3 Å². The number of amides is 2. The van der Waals surface area contributed by atoms with Gasteiger partial charge < -0.3 is 10.6 Å². The van der Waals surface area contributed by atoms with Crippen molar-refractivity contribution >= 4 is 40.6 Å². The van der Waals surface area contributed by atoms with E-state index in [1.807, 2.05) is 66.7 Å². The number of nitrogens with zero attached hydrogens (tertiary/aromatic N) is 5. The van der Waals surface area contributed by atoms with Crippen LogP contribution in [0.3, 0.4) is 0 Å². The second kappa shape index (κ2) is 12.9. The van der Waals surface area contributed by atoms with Gasteiger partial charge in [0.1, 0.15) is 17.0 Å². The fourth-order valence-electron chi connectivity index (χ4n) is 4.80. The largest absolute Gasteiger partial charge is 0.323 e. The van der Waals surface area contributed by atoms with E-state index >= 15 is 0 Å². The highest BCUT2D eigenvalue weighted by Gasteiger charge is 2.15. The van der Waals surface area contributed by atoms with Gasteiger partial charge in [-0.15, -0.1) is 0 Å². The number of carbonyl (C=O) groups excluding carboxylic acids is 2. The van der Waals surface area contributed by atoms with E-state index in [-0.39, 0.29) is 17.4 Å². The minimum atomic E-state index is -0.297.